The fourth-order valence-corrected chi connectivity index (χ4v) is 5.81. The highest BCUT2D eigenvalue weighted by Gasteiger charge is 2.35. The Morgan fingerprint density at radius 1 is 0.971 bits per heavy atom. The monoisotopic (exact) mass is 469 g/mol. The van der Waals surface area contributed by atoms with E-state index in [4.69, 9.17) is 18.9 Å². The van der Waals surface area contributed by atoms with E-state index in [0.717, 1.165) is 55.2 Å². The van der Waals surface area contributed by atoms with Gasteiger partial charge in [0.15, 0.2) is 23.0 Å². The number of aryl methyl sites for hydroxylation is 2. The molecule has 3 aliphatic heterocycles. The van der Waals surface area contributed by atoms with Crippen molar-refractivity contribution in [2.75, 3.05) is 27.6 Å². The van der Waals surface area contributed by atoms with Crippen LogP contribution in [0.5, 0.6) is 23.0 Å². The third kappa shape index (κ3) is 3.70. The zero-order valence-corrected chi connectivity index (χ0v) is 20.6. The standard InChI is InChI=1S/C30H31NO4/c1-19-29-24(16-25-23-17-27-26(34-18-35-27)14-22(23)12-13-31(19)25)21(15-28(32-2)30(29)33-3)11-7-10-20-8-5-4-6-9-20/h4-6,8-9,14-17,19H,7,10-13,18H2,1-3H3/t19-/m0/s1. The molecule has 0 aromatic heterocycles. The zero-order valence-electron chi connectivity index (χ0n) is 20.6. The van der Waals surface area contributed by atoms with Crippen LogP contribution in [0.3, 0.4) is 0 Å². The van der Waals surface area contributed by atoms with Crippen molar-refractivity contribution in [2.24, 2.45) is 0 Å². The van der Waals surface area contributed by atoms with Crippen molar-refractivity contribution >= 4 is 11.8 Å². The molecule has 0 spiro atoms. The summed E-state index contributed by atoms with van der Waals surface area (Å²) in [6, 6.07) is 17.4. The Kier molecular flexibility index (Phi) is 5.56. The molecule has 1 atom stereocenters. The molecule has 5 nitrogen and oxygen atoms in total. The maximum Gasteiger partial charge on any atom is 0.231 e. The van der Waals surface area contributed by atoms with Crippen LogP contribution in [0.1, 0.15) is 52.8 Å². The van der Waals surface area contributed by atoms with Crippen LogP contribution in [0.15, 0.2) is 48.5 Å². The number of ether oxygens (including phenoxy) is 4. The van der Waals surface area contributed by atoms with Gasteiger partial charge in [-0.05, 0) is 79.1 Å². The number of hydrogen-bond acceptors (Lipinski definition) is 5. The van der Waals surface area contributed by atoms with Crippen LogP contribution in [0, 0.1) is 0 Å². The second kappa shape index (κ2) is 8.88. The second-order valence-electron chi connectivity index (χ2n) is 9.45. The number of benzene rings is 3. The highest BCUT2D eigenvalue weighted by molar-refractivity contribution is 5.89. The topological polar surface area (TPSA) is 40.2 Å². The van der Waals surface area contributed by atoms with Crippen molar-refractivity contribution in [3.05, 3.63) is 81.9 Å². The maximum absolute atomic E-state index is 5.93. The van der Waals surface area contributed by atoms with Gasteiger partial charge in [0.05, 0.1) is 20.3 Å². The van der Waals surface area contributed by atoms with E-state index in [-0.39, 0.29) is 6.04 Å². The smallest absolute Gasteiger partial charge is 0.231 e. The Labute approximate surface area is 206 Å². The molecular weight excluding hydrogens is 438 g/mol. The highest BCUT2D eigenvalue weighted by Crippen LogP contribution is 2.50. The minimum atomic E-state index is 0.168. The van der Waals surface area contributed by atoms with Crippen LogP contribution in [-0.4, -0.2) is 32.5 Å². The lowest BCUT2D eigenvalue weighted by atomic mass is 9.83. The number of hydrogen-bond donors (Lipinski definition) is 0. The van der Waals surface area contributed by atoms with Crippen molar-refractivity contribution in [1.29, 1.82) is 0 Å². The average Bonchev–Trinajstić information content (AvgIpc) is 3.35. The number of fused-ring (bicyclic) bond motifs is 5. The lowest BCUT2D eigenvalue weighted by Crippen LogP contribution is -2.34. The Hall–Kier alpha value is -3.60. The highest BCUT2D eigenvalue weighted by atomic mass is 16.7. The van der Waals surface area contributed by atoms with E-state index in [0.29, 0.717) is 6.79 Å². The van der Waals surface area contributed by atoms with Gasteiger partial charge in [0.1, 0.15) is 0 Å². The molecule has 3 heterocycles. The summed E-state index contributed by atoms with van der Waals surface area (Å²) in [7, 11) is 3.47. The van der Waals surface area contributed by atoms with E-state index in [1.165, 1.54) is 39.1 Å². The summed E-state index contributed by atoms with van der Waals surface area (Å²) < 4.78 is 23.1. The summed E-state index contributed by atoms with van der Waals surface area (Å²) in [6.07, 6.45) is 6.42. The first-order valence-electron chi connectivity index (χ1n) is 12.4. The molecule has 0 saturated heterocycles. The van der Waals surface area contributed by atoms with Gasteiger partial charge in [-0.1, -0.05) is 30.3 Å². The van der Waals surface area contributed by atoms with E-state index in [2.05, 4.69) is 66.4 Å². The van der Waals surface area contributed by atoms with Gasteiger partial charge in [0.2, 0.25) is 6.79 Å². The average molecular weight is 470 g/mol. The van der Waals surface area contributed by atoms with E-state index in [1.54, 1.807) is 14.2 Å². The van der Waals surface area contributed by atoms with Crippen LogP contribution in [0.2, 0.25) is 0 Å². The normalized spacial score (nSPS) is 17.3. The predicted octanol–water partition coefficient (Wildman–Crippen LogP) is 6.04. The molecule has 0 bridgehead atoms. The number of methoxy groups -OCH3 is 2. The predicted molar refractivity (Wildman–Crippen MR) is 137 cm³/mol. The lowest BCUT2D eigenvalue weighted by Gasteiger charge is -2.42. The first kappa shape index (κ1) is 21.9. The molecule has 180 valence electrons. The molecule has 0 unspecified atom stereocenters. The summed E-state index contributed by atoms with van der Waals surface area (Å²) >= 11 is 0. The molecular formula is C30H31NO4. The van der Waals surface area contributed by atoms with Gasteiger partial charge in [-0.3, -0.25) is 0 Å². The van der Waals surface area contributed by atoms with Crippen LogP contribution in [-0.2, 0) is 19.3 Å². The van der Waals surface area contributed by atoms with Crippen LogP contribution < -0.4 is 18.9 Å². The van der Waals surface area contributed by atoms with Crippen molar-refractivity contribution < 1.29 is 18.9 Å². The van der Waals surface area contributed by atoms with E-state index in [1.807, 2.05) is 0 Å². The third-order valence-corrected chi connectivity index (χ3v) is 7.56. The molecule has 35 heavy (non-hydrogen) atoms. The van der Waals surface area contributed by atoms with Gasteiger partial charge in [-0.2, -0.15) is 0 Å². The Morgan fingerprint density at radius 2 is 1.77 bits per heavy atom. The van der Waals surface area contributed by atoms with Crippen molar-refractivity contribution in [1.82, 2.24) is 4.90 Å². The molecule has 0 fully saturated rings. The van der Waals surface area contributed by atoms with Gasteiger partial charge >= 0.3 is 0 Å². The van der Waals surface area contributed by atoms with Crippen LogP contribution in [0.4, 0.5) is 0 Å². The van der Waals surface area contributed by atoms with Crippen molar-refractivity contribution in [3.63, 3.8) is 0 Å². The molecule has 0 saturated carbocycles. The SMILES string of the molecule is COc1cc(CCCc2ccccc2)c2c(c1OC)[C@H](C)N1CCc3cc4c(cc3C1=C2)OCO4. The van der Waals surface area contributed by atoms with E-state index >= 15 is 0 Å². The maximum atomic E-state index is 5.93. The van der Waals surface area contributed by atoms with E-state index in [9.17, 15) is 0 Å². The van der Waals surface area contributed by atoms with Gasteiger partial charge in [-0.25, -0.2) is 0 Å². The third-order valence-electron chi connectivity index (χ3n) is 7.56. The molecule has 0 aliphatic carbocycles. The summed E-state index contributed by atoms with van der Waals surface area (Å²) in [4.78, 5) is 2.49. The molecule has 3 aromatic rings. The molecule has 3 aliphatic rings. The molecule has 0 radical (unpaired) electrons. The van der Waals surface area contributed by atoms with Crippen molar-refractivity contribution in [2.45, 2.75) is 38.6 Å². The summed E-state index contributed by atoms with van der Waals surface area (Å²) in [6.45, 7) is 3.52. The van der Waals surface area contributed by atoms with Gasteiger partial charge in [-0.15, -0.1) is 0 Å². The number of rotatable bonds is 6. The number of nitrogens with zero attached hydrogens (tertiary/aromatic N) is 1. The summed E-state index contributed by atoms with van der Waals surface area (Å²) in [5.74, 6) is 3.34. The molecule has 0 amide bonds. The lowest BCUT2D eigenvalue weighted by molar-refractivity contribution is 0.174. The summed E-state index contributed by atoms with van der Waals surface area (Å²) in [5.41, 5.74) is 8.97. The quantitative estimate of drug-likeness (QED) is 0.440. The fourth-order valence-electron chi connectivity index (χ4n) is 5.81. The van der Waals surface area contributed by atoms with Gasteiger partial charge in [0, 0.05) is 23.4 Å². The van der Waals surface area contributed by atoms with Crippen LogP contribution >= 0.6 is 0 Å². The largest absolute Gasteiger partial charge is 0.493 e. The van der Waals surface area contributed by atoms with Crippen molar-refractivity contribution in [3.8, 4) is 23.0 Å². The Morgan fingerprint density at radius 3 is 2.54 bits per heavy atom. The second-order valence-corrected chi connectivity index (χ2v) is 9.45. The first-order valence-corrected chi connectivity index (χ1v) is 12.4. The fraction of sp³-hybridized carbons (Fsp3) is 0.333. The minimum Gasteiger partial charge on any atom is -0.493 e. The van der Waals surface area contributed by atoms with Gasteiger partial charge < -0.3 is 23.8 Å². The van der Waals surface area contributed by atoms with E-state index < -0.39 is 0 Å². The summed E-state index contributed by atoms with van der Waals surface area (Å²) in [5, 5.41) is 0. The van der Waals surface area contributed by atoms with Gasteiger partial charge in [0.25, 0.3) is 0 Å². The van der Waals surface area contributed by atoms with Crippen LogP contribution in [0.25, 0.3) is 11.8 Å². The Balaban J connectivity index is 1.44. The molecule has 3 aromatic carbocycles. The minimum absolute atomic E-state index is 0.168. The zero-order chi connectivity index (χ0) is 23.9. The first-order chi connectivity index (χ1) is 17.2. The molecule has 6 rings (SSSR count). The molecule has 5 heteroatoms. The Bertz CT molecular complexity index is 1300. The molecule has 0 N–H and O–H groups in total.